The lowest BCUT2D eigenvalue weighted by Crippen LogP contribution is -2.51. The molecule has 15 heavy (non-hydrogen) atoms. The van der Waals surface area contributed by atoms with Crippen molar-refractivity contribution in [2.45, 2.75) is 58.5 Å². The number of nitrogens with zero attached hydrogens (tertiary/aromatic N) is 1. The van der Waals surface area contributed by atoms with Crippen molar-refractivity contribution in [3.8, 4) is 0 Å². The molecule has 0 bridgehead atoms. The average molecular weight is 212 g/mol. The Kier molecular flexibility index (Phi) is 3.77. The monoisotopic (exact) mass is 212 g/mol. The maximum atomic E-state index is 12.1. The van der Waals surface area contributed by atoms with E-state index in [4.69, 9.17) is 5.73 Å². The largest absolute Gasteiger partial charge is 0.341 e. The maximum absolute atomic E-state index is 12.1. The third-order valence-corrected chi connectivity index (χ3v) is 3.42. The van der Waals surface area contributed by atoms with Gasteiger partial charge in [0.05, 0.1) is 6.04 Å². The molecule has 0 spiro atoms. The van der Waals surface area contributed by atoms with Crippen LogP contribution >= 0.6 is 0 Å². The lowest BCUT2D eigenvalue weighted by molar-refractivity contribution is -0.135. The van der Waals surface area contributed by atoms with Gasteiger partial charge in [0.2, 0.25) is 5.91 Å². The SMILES string of the molecule is CN(C(=O)C(N)C(C)(C)C)C1CCCC1. The Morgan fingerprint density at radius 3 is 2.20 bits per heavy atom. The first-order chi connectivity index (χ1) is 6.84. The Morgan fingerprint density at radius 1 is 1.33 bits per heavy atom. The van der Waals surface area contributed by atoms with E-state index in [1.807, 2.05) is 32.7 Å². The van der Waals surface area contributed by atoms with Crippen molar-refractivity contribution in [2.24, 2.45) is 11.1 Å². The molecule has 88 valence electrons. The molecular formula is C12H24N2O. The second-order valence-corrected chi connectivity index (χ2v) is 5.73. The minimum Gasteiger partial charge on any atom is -0.341 e. The standard InChI is InChI=1S/C12H24N2O/c1-12(2,3)10(13)11(15)14(4)9-7-5-6-8-9/h9-10H,5-8,13H2,1-4H3. The second-order valence-electron chi connectivity index (χ2n) is 5.73. The molecule has 0 aromatic rings. The van der Waals surface area contributed by atoms with Crippen LogP contribution in [0.15, 0.2) is 0 Å². The fourth-order valence-electron chi connectivity index (χ4n) is 2.06. The van der Waals surface area contributed by atoms with Crippen LogP contribution < -0.4 is 5.73 Å². The molecule has 0 aromatic carbocycles. The first-order valence-corrected chi connectivity index (χ1v) is 5.86. The smallest absolute Gasteiger partial charge is 0.240 e. The highest BCUT2D eigenvalue weighted by Crippen LogP contribution is 2.25. The predicted molar refractivity (Wildman–Crippen MR) is 62.5 cm³/mol. The van der Waals surface area contributed by atoms with Gasteiger partial charge in [-0.3, -0.25) is 4.79 Å². The van der Waals surface area contributed by atoms with Crippen molar-refractivity contribution in [1.82, 2.24) is 4.90 Å². The second kappa shape index (κ2) is 4.52. The van der Waals surface area contributed by atoms with Crippen LogP contribution in [0.2, 0.25) is 0 Å². The zero-order chi connectivity index (χ0) is 11.6. The van der Waals surface area contributed by atoms with Gasteiger partial charge in [-0.25, -0.2) is 0 Å². The zero-order valence-corrected chi connectivity index (χ0v) is 10.4. The van der Waals surface area contributed by atoms with Gasteiger partial charge < -0.3 is 10.6 Å². The highest BCUT2D eigenvalue weighted by Gasteiger charge is 2.33. The summed E-state index contributed by atoms with van der Waals surface area (Å²) in [5, 5.41) is 0. The van der Waals surface area contributed by atoms with Crippen LogP contribution in [0.4, 0.5) is 0 Å². The molecule has 0 saturated heterocycles. The van der Waals surface area contributed by atoms with Crippen LogP contribution in [0.3, 0.4) is 0 Å². The van der Waals surface area contributed by atoms with Gasteiger partial charge in [0, 0.05) is 13.1 Å². The normalized spacial score (nSPS) is 20.3. The fourth-order valence-corrected chi connectivity index (χ4v) is 2.06. The summed E-state index contributed by atoms with van der Waals surface area (Å²) in [5.74, 6) is 0.0920. The number of rotatable bonds is 2. The van der Waals surface area contributed by atoms with Gasteiger partial charge >= 0.3 is 0 Å². The molecule has 0 heterocycles. The van der Waals surface area contributed by atoms with Gasteiger partial charge in [0.25, 0.3) is 0 Å². The quantitative estimate of drug-likeness (QED) is 0.758. The number of carbonyl (C=O) groups is 1. The van der Waals surface area contributed by atoms with Gasteiger partial charge in [-0.2, -0.15) is 0 Å². The van der Waals surface area contributed by atoms with E-state index in [2.05, 4.69) is 0 Å². The van der Waals surface area contributed by atoms with Crippen molar-refractivity contribution in [3.63, 3.8) is 0 Å². The Balaban J connectivity index is 2.59. The fraction of sp³-hybridized carbons (Fsp3) is 0.917. The van der Waals surface area contributed by atoms with E-state index in [0.717, 1.165) is 12.8 Å². The lowest BCUT2D eigenvalue weighted by atomic mass is 9.86. The number of hydrogen-bond acceptors (Lipinski definition) is 2. The highest BCUT2D eigenvalue weighted by atomic mass is 16.2. The Labute approximate surface area is 93.0 Å². The third-order valence-electron chi connectivity index (χ3n) is 3.42. The van der Waals surface area contributed by atoms with Crippen LogP contribution in [-0.2, 0) is 4.79 Å². The molecule has 3 heteroatoms. The summed E-state index contributed by atoms with van der Waals surface area (Å²) in [6, 6.07) is 0.0361. The Morgan fingerprint density at radius 2 is 1.80 bits per heavy atom. The topological polar surface area (TPSA) is 46.3 Å². The van der Waals surface area contributed by atoms with Crippen molar-refractivity contribution in [2.75, 3.05) is 7.05 Å². The molecule has 1 rings (SSSR count). The first kappa shape index (κ1) is 12.5. The molecular weight excluding hydrogens is 188 g/mol. The summed E-state index contributed by atoms with van der Waals surface area (Å²) < 4.78 is 0. The predicted octanol–water partition coefficient (Wildman–Crippen LogP) is 1.76. The van der Waals surface area contributed by atoms with Gasteiger partial charge in [-0.05, 0) is 18.3 Å². The summed E-state index contributed by atoms with van der Waals surface area (Å²) >= 11 is 0. The lowest BCUT2D eigenvalue weighted by Gasteiger charge is -2.33. The van der Waals surface area contributed by atoms with Gasteiger partial charge in [-0.1, -0.05) is 33.6 Å². The number of nitrogens with two attached hydrogens (primary N) is 1. The van der Waals surface area contributed by atoms with E-state index in [-0.39, 0.29) is 17.4 Å². The van der Waals surface area contributed by atoms with E-state index < -0.39 is 0 Å². The Hall–Kier alpha value is -0.570. The van der Waals surface area contributed by atoms with Crippen LogP contribution in [-0.4, -0.2) is 29.9 Å². The van der Waals surface area contributed by atoms with Crippen molar-refractivity contribution in [3.05, 3.63) is 0 Å². The van der Waals surface area contributed by atoms with Gasteiger partial charge in [0.1, 0.15) is 0 Å². The van der Waals surface area contributed by atoms with Gasteiger partial charge in [-0.15, -0.1) is 0 Å². The average Bonchev–Trinajstić information content (AvgIpc) is 2.65. The molecule has 0 aliphatic heterocycles. The highest BCUT2D eigenvalue weighted by molar-refractivity contribution is 5.82. The van der Waals surface area contributed by atoms with Crippen molar-refractivity contribution in [1.29, 1.82) is 0 Å². The molecule has 1 saturated carbocycles. The van der Waals surface area contributed by atoms with Crippen LogP contribution in [0, 0.1) is 5.41 Å². The summed E-state index contributed by atoms with van der Waals surface area (Å²) in [6.07, 6.45) is 4.76. The minimum atomic E-state index is -0.386. The molecule has 1 aliphatic carbocycles. The van der Waals surface area contributed by atoms with Crippen molar-refractivity contribution >= 4 is 5.91 Å². The van der Waals surface area contributed by atoms with Crippen LogP contribution in [0.25, 0.3) is 0 Å². The summed E-state index contributed by atoms with van der Waals surface area (Å²) in [6.45, 7) is 6.04. The van der Waals surface area contributed by atoms with E-state index >= 15 is 0 Å². The van der Waals surface area contributed by atoms with E-state index in [0.29, 0.717) is 6.04 Å². The first-order valence-electron chi connectivity index (χ1n) is 5.86. The van der Waals surface area contributed by atoms with Gasteiger partial charge in [0.15, 0.2) is 0 Å². The van der Waals surface area contributed by atoms with Crippen LogP contribution in [0.5, 0.6) is 0 Å². The summed E-state index contributed by atoms with van der Waals surface area (Å²) in [7, 11) is 1.89. The number of likely N-dealkylation sites (N-methyl/N-ethyl adjacent to an activating group) is 1. The maximum Gasteiger partial charge on any atom is 0.240 e. The van der Waals surface area contributed by atoms with Crippen LogP contribution in [0.1, 0.15) is 46.5 Å². The Bertz CT molecular complexity index is 226. The number of amides is 1. The van der Waals surface area contributed by atoms with E-state index in [1.54, 1.807) is 0 Å². The zero-order valence-electron chi connectivity index (χ0n) is 10.4. The summed E-state index contributed by atoms with van der Waals surface area (Å²) in [5.41, 5.74) is 5.82. The van der Waals surface area contributed by atoms with E-state index in [9.17, 15) is 4.79 Å². The van der Waals surface area contributed by atoms with E-state index in [1.165, 1.54) is 12.8 Å². The molecule has 1 amide bonds. The minimum absolute atomic E-state index is 0.0920. The molecule has 1 atom stereocenters. The molecule has 0 radical (unpaired) electrons. The molecule has 1 fully saturated rings. The summed E-state index contributed by atoms with van der Waals surface area (Å²) in [4.78, 5) is 13.9. The molecule has 0 aromatic heterocycles. The number of hydrogen-bond donors (Lipinski definition) is 1. The molecule has 1 aliphatic rings. The molecule has 2 N–H and O–H groups in total. The molecule has 3 nitrogen and oxygen atoms in total. The van der Waals surface area contributed by atoms with Crippen molar-refractivity contribution < 1.29 is 4.79 Å². The third kappa shape index (κ3) is 2.94. The number of carbonyl (C=O) groups excluding carboxylic acids is 1. The molecule has 1 unspecified atom stereocenters.